The molecule has 0 aliphatic heterocycles. The Balaban J connectivity index is 1.08. The second-order valence-electron chi connectivity index (χ2n) is 13.8. The van der Waals surface area contributed by atoms with Crippen LogP contribution in [0.1, 0.15) is 0 Å². The lowest BCUT2D eigenvalue weighted by molar-refractivity contribution is 1.04. The average Bonchev–Trinajstić information content (AvgIpc) is 3.32. The third-order valence-electron chi connectivity index (χ3n) is 9.96. The highest BCUT2D eigenvalue weighted by atomic mass is 15.1. The van der Waals surface area contributed by atoms with Crippen LogP contribution < -0.4 is 0 Å². The Morgan fingerprint density at radius 1 is 0.224 bits per heavy atom. The van der Waals surface area contributed by atoms with Crippen LogP contribution in [0.5, 0.6) is 0 Å². The SMILES string of the molecule is c1ccc(-c2cc(-c3cccc(-c4cccc(-c5nc(-c6ccccc6)nc(-c6nc(-c7ccccc7)c7ccccc7n6)n5)c4)c3)nc(-c3ccccc3)n2)cc1. The van der Waals surface area contributed by atoms with Gasteiger partial charge in [0.15, 0.2) is 23.3 Å². The van der Waals surface area contributed by atoms with Gasteiger partial charge < -0.3 is 0 Å². The van der Waals surface area contributed by atoms with Crippen LogP contribution in [0.15, 0.2) is 200 Å². The summed E-state index contributed by atoms with van der Waals surface area (Å²) >= 11 is 0. The van der Waals surface area contributed by atoms with E-state index in [1.165, 1.54) is 0 Å². The summed E-state index contributed by atoms with van der Waals surface area (Å²) in [6, 6.07) is 67.3. The molecule has 0 aliphatic carbocycles. The maximum absolute atomic E-state index is 5.09. The molecular formula is C51H33N7. The van der Waals surface area contributed by atoms with Gasteiger partial charge in [0.25, 0.3) is 0 Å². The van der Waals surface area contributed by atoms with Crippen molar-refractivity contribution in [1.82, 2.24) is 34.9 Å². The quantitative estimate of drug-likeness (QED) is 0.153. The number of nitrogens with zero attached hydrogens (tertiary/aromatic N) is 7. The van der Waals surface area contributed by atoms with Gasteiger partial charge in [0, 0.05) is 38.8 Å². The van der Waals surface area contributed by atoms with Crippen molar-refractivity contribution in [2.45, 2.75) is 0 Å². The number of fused-ring (bicyclic) bond motifs is 1. The maximum atomic E-state index is 5.09. The Bertz CT molecular complexity index is 2990. The van der Waals surface area contributed by atoms with E-state index in [4.69, 9.17) is 34.9 Å². The number of hydrogen-bond acceptors (Lipinski definition) is 7. The van der Waals surface area contributed by atoms with Gasteiger partial charge in [-0.3, -0.25) is 0 Å². The minimum atomic E-state index is 0.395. The van der Waals surface area contributed by atoms with Crippen molar-refractivity contribution >= 4 is 10.9 Å². The predicted octanol–water partition coefficient (Wildman–Crippen LogP) is 11.9. The van der Waals surface area contributed by atoms with Gasteiger partial charge in [-0.05, 0) is 35.4 Å². The first-order valence-electron chi connectivity index (χ1n) is 19.1. The second kappa shape index (κ2) is 15.2. The van der Waals surface area contributed by atoms with Crippen molar-refractivity contribution in [3.8, 4) is 90.7 Å². The van der Waals surface area contributed by atoms with Crippen molar-refractivity contribution in [3.63, 3.8) is 0 Å². The summed E-state index contributed by atoms with van der Waals surface area (Å²) in [5.74, 6) is 2.56. The van der Waals surface area contributed by atoms with Gasteiger partial charge in [-0.1, -0.05) is 176 Å². The normalized spacial score (nSPS) is 11.1. The molecule has 0 bridgehead atoms. The summed E-state index contributed by atoms with van der Waals surface area (Å²) in [6.45, 7) is 0. The van der Waals surface area contributed by atoms with Gasteiger partial charge in [0.05, 0.1) is 22.6 Å². The number of para-hydroxylation sites is 1. The number of rotatable bonds is 8. The van der Waals surface area contributed by atoms with E-state index >= 15 is 0 Å². The number of aromatic nitrogens is 7. The molecule has 0 unspecified atom stereocenters. The molecule has 0 amide bonds. The van der Waals surface area contributed by atoms with E-state index in [1.54, 1.807) is 0 Å². The molecule has 0 fully saturated rings. The summed E-state index contributed by atoms with van der Waals surface area (Å²) in [4.78, 5) is 35.2. The molecule has 7 heteroatoms. The molecule has 3 aromatic heterocycles. The topological polar surface area (TPSA) is 90.2 Å². The summed E-state index contributed by atoms with van der Waals surface area (Å²) < 4.78 is 0. The molecule has 0 radical (unpaired) electrons. The van der Waals surface area contributed by atoms with Gasteiger partial charge in [-0.15, -0.1) is 0 Å². The van der Waals surface area contributed by atoms with Crippen LogP contribution in [0.25, 0.3) is 102 Å². The molecule has 0 aliphatic rings. The molecule has 3 heterocycles. The number of benzene rings is 7. The third-order valence-corrected chi connectivity index (χ3v) is 9.96. The first-order chi connectivity index (χ1) is 28.7. The van der Waals surface area contributed by atoms with Crippen LogP contribution in [0.3, 0.4) is 0 Å². The van der Waals surface area contributed by atoms with E-state index in [0.29, 0.717) is 29.1 Å². The Morgan fingerprint density at radius 2 is 0.638 bits per heavy atom. The largest absolute Gasteiger partial charge is 0.228 e. The molecule has 58 heavy (non-hydrogen) atoms. The highest BCUT2D eigenvalue weighted by Crippen LogP contribution is 2.33. The van der Waals surface area contributed by atoms with Crippen molar-refractivity contribution < 1.29 is 0 Å². The van der Waals surface area contributed by atoms with E-state index in [2.05, 4.69) is 66.7 Å². The first-order valence-corrected chi connectivity index (χ1v) is 19.1. The van der Waals surface area contributed by atoms with E-state index in [-0.39, 0.29) is 0 Å². The standard InChI is InChI=1S/C51H33N7/c1-5-17-34(18-6-1)44-33-45(54-47(53-44)36-21-9-3-10-22-36)40-27-15-25-38(31-40)39-26-16-28-41(32-39)49-56-48(37-23-11-4-12-24-37)57-51(58-49)50-52-43-30-14-13-29-42(43)46(55-50)35-19-7-2-8-20-35/h1-33H. The molecule has 0 N–H and O–H groups in total. The third kappa shape index (κ3) is 7.00. The first kappa shape index (κ1) is 34.5. The van der Waals surface area contributed by atoms with Gasteiger partial charge in [0.2, 0.25) is 5.82 Å². The molecule has 0 saturated heterocycles. The average molecular weight is 744 g/mol. The predicted molar refractivity (Wildman–Crippen MR) is 232 cm³/mol. The van der Waals surface area contributed by atoms with E-state index < -0.39 is 0 Å². The zero-order valence-electron chi connectivity index (χ0n) is 31.2. The Kier molecular flexibility index (Phi) is 9.06. The van der Waals surface area contributed by atoms with Crippen LogP contribution in [-0.2, 0) is 0 Å². The zero-order valence-corrected chi connectivity index (χ0v) is 31.2. The van der Waals surface area contributed by atoms with Crippen molar-refractivity contribution in [3.05, 3.63) is 200 Å². The van der Waals surface area contributed by atoms with Crippen LogP contribution in [0.2, 0.25) is 0 Å². The lowest BCUT2D eigenvalue weighted by Gasteiger charge is -2.12. The Morgan fingerprint density at radius 3 is 1.28 bits per heavy atom. The van der Waals surface area contributed by atoms with Gasteiger partial charge >= 0.3 is 0 Å². The molecule has 10 aromatic rings. The van der Waals surface area contributed by atoms with E-state index in [9.17, 15) is 0 Å². The smallest absolute Gasteiger partial charge is 0.201 e. The molecule has 0 spiro atoms. The summed E-state index contributed by atoms with van der Waals surface area (Å²) in [5.41, 5.74) is 11.1. The molecule has 0 atom stereocenters. The molecule has 10 rings (SSSR count). The molecular weight excluding hydrogens is 711 g/mol. The fourth-order valence-corrected chi connectivity index (χ4v) is 7.08. The van der Waals surface area contributed by atoms with Crippen molar-refractivity contribution in [2.75, 3.05) is 0 Å². The molecule has 272 valence electrons. The highest BCUT2D eigenvalue weighted by molar-refractivity contribution is 5.93. The maximum Gasteiger partial charge on any atom is 0.201 e. The van der Waals surface area contributed by atoms with Crippen LogP contribution in [0.4, 0.5) is 0 Å². The van der Waals surface area contributed by atoms with Gasteiger partial charge in [-0.25, -0.2) is 34.9 Å². The second-order valence-corrected chi connectivity index (χ2v) is 13.8. The fourth-order valence-electron chi connectivity index (χ4n) is 7.08. The van der Waals surface area contributed by atoms with E-state index in [1.807, 2.05) is 133 Å². The van der Waals surface area contributed by atoms with Gasteiger partial charge in [-0.2, -0.15) is 0 Å². The molecule has 0 saturated carbocycles. The molecule has 7 aromatic carbocycles. The number of hydrogen-bond donors (Lipinski definition) is 0. The fraction of sp³-hybridized carbons (Fsp3) is 0. The summed E-state index contributed by atoms with van der Waals surface area (Å²) in [6.07, 6.45) is 0. The lowest BCUT2D eigenvalue weighted by Crippen LogP contribution is -2.03. The summed E-state index contributed by atoms with van der Waals surface area (Å²) in [5, 5.41) is 0.958. The van der Waals surface area contributed by atoms with E-state index in [0.717, 1.165) is 72.5 Å². The monoisotopic (exact) mass is 743 g/mol. The highest BCUT2D eigenvalue weighted by Gasteiger charge is 2.18. The zero-order chi connectivity index (χ0) is 38.7. The Hall–Kier alpha value is -8.03. The van der Waals surface area contributed by atoms with Crippen LogP contribution in [0, 0.1) is 0 Å². The van der Waals surface area contributed by atoms with Crippen LogP contribution >= 0.6 is 0 Å². The summed E-state index contributed by atoms with van der Waals surface area (Å²) in [7, 11) is 0. The van der Waals surface area contributed by atoms with Gasteiger partial charge in [0.1, 0.15) is 0 Å². The van der Waals surface area contributed by atoms with Crippen LogP contribution in [-0.4, -0.2) is 34.9 Å². The minimum absolute atomic E-state index is 0.395. The van der Waals surface area contributed by atoms with Crippen molar-refractivity contribution in [1.29, 1.82) is 0 Å². The minimum Gasteiger partial charge on any atom is -0.228 e. The van der Waals surface area contributed by atoms with Crippen molar-refractivity contribution in [2.24, 2.45) is 0 Å². The Labute approximate surface area is 335 Å². The molecule has 7 nitrogen and oxygen atoms in total. The lowest BCUT2D eigenvalue weighted by atomic mass is 9.99.